The molecule has 1 unspecified atom stereocenters. The van der Waals surface area contributed by atoms with Gasteiger partial charge in [-0.2, -0.15) is 0 Å². The number of nitrogens with one attached hydrogen (secondary N) is 1. The zero-order chi connectivity index (χ0) is 14.0. The van der Waals surface area contributed by atoms with E-state index in [4.69, 9.17) is 5.73 Å². The maximum atomic E-state index is 11.9. The topological polar surface area (TPSA) is 71.2 Å². The number of nitrogens with two attached hydrogens (primary N) is 1. The Labute approximate surface area is 114 Å². The van der Waals surface area contributed by atoms with Crippen molar-refractivity contribution < 1.29 is 4.79 Å². The second-order valence-electron chi connectivity index (χ2n) is 5.65. The van der Waals surface area contributed by atoms with E-state index in [1.54, 1.807) is 26.4 Å². The summed E-state index contributed by atoms with van der Waals surface area (Å²) < 4.78 is 0. The minimum Gasteiger partial charge on any atom is -0.378 e. The number of nitrogens with zero attached hydrogens (tertiary/aromatic N) is 2. The molecule has 1 heterocycles. The van der Waals surface area contributed by atoms with Crippen LogP contribution in [-0.2, 0) is 0 Å². The van der Waals surface area contributed by atoms with Crippen molar-refractivity contribution >= 4 is 11.6 Å². The fraction of sp³-hybridized carbons (Fsp3) is 0.571. The first-order chi connectivity index (χ1) is 8.96. The number of pyridine rings is 1. The van der Waals surface area contributed by atoms with E-state index in [0.29, 0.717) is 18.2 Å². The van der Waals surface area contributed by atoms with Crippen molar-refractivity contribution in [3.8, 4) is 0 Å². The molecule has 3 N–H and O–H groups in total. The molecule has 1 aromatic heterocycles. The second-order valence-corrected chi connectivity index (χ2v) is 5.65. The highest BCUT2D eigenvalue weighted by Gasteiger charge is 2.40. The van der Waals surface area contributed by atoms with Gasteiger partial charge in [-0.05, 0) is 37.8 Å². The number of carbonyl (C=O) groups is 1. The van der Waals surface area contributed by atoms with Crippen LogP contribution in [0.3, 0.4) is 0 Å². The van der Waals surface area contributed by atoms with Crippen LogP contribution >= 0.6 is 0 Å². The summed E-state index contributed by atoms with van der Waals surface area (Å²) in [5.41, 5.74) is 7.14. The van der Waals surface area contributed by atoms with Gasteiger partial charge >= 0.3 is 0 Å². The van der Waals surface area contributed by atoms with Gasteiger partial charge < -0.3 is 16.0 Å². The normalized spacial score (nSPS) is 17.7. The maximum Gasteiger partial charge on any atom is 0.272 e. The van der Waals surface area contributed by atoms with Gasteiger partial charge in [0.15, 0.2) is 0 Å². The molecule has 0 aliphatic heterocycles. The Balaban J connectivity index is 2.17. The van der Waals surface area contributed by atoms with Crippen LogP contribution in [0.1, 0.15) is 30.3 Å². The average Bonchev–Trinajstić information content (AvgIpc) is 3.22. The van der Waals surface area contributed by atoms with Gasteiger partial charge in [0.25, 0.3) is 5.91 Å². The summed E-state index contributed by atoms with van der Waals surface area (Å²) in [5.74, 6) is 0.531. The number of carbonyl (C=O) groups excluding carboxylic acids is 1. The van der Waals surface area contributed by atoms with E-state index in [9.17, 15) is 4.79 Å². The van der Waals surface area contributed by atoms with Crippen molar-refractivity contribution in [3.05, 3.63) is 24.0 Å². The van der Waals surface area contributed by atoms with Crippen LogP contribution in [0.4, 0.5) is 5.69 Å². The smallest absolute Gasteiger partial charge is 0.272 e. The lowest BCUT2D eigenvalue weighted by molar-refractivity contribution is 0.0822. The summed E-state index contributed by atoms with van der Waals surface area (Å²) in [6, 6.07) is 3.67. The van der Waals surface area contributed by atoms with Crippen LogP contribution in [-0.4, -0.2) is 42.0 Å². The van der Waals surface area contributed by atoms with Gasteiger partial charge in [-0.1, -0.05) is 0 Å². The van der Waals surface area contributed by atoms with Crippen LogP contribution in [0.25, 0.3) is 0 Å². The Hall–Kier alpha value is -1.62. The molecule has 1 saturated carbocycles. The molecule has 2 rings (SSSR count). The zero-order valence-electron chi connectivity index (χ0n) is 11.8. The summed E-state index contributed by atoms with van der Waals surface area (Å²) in [6.45, 7) is 2.72. The third-order valence-corrected chi connectivity index (χ3v) is 3.72. The Morgan fingerprint density at radius 2 is 2.26 bits per heavy atom. The van der Waals surface area contributed by atoms with E-state index in [2.05, 4.69) is 17.2 Å². The van der Waals surface area contributed by atoms with E-state index in [-0.39, 0.29) is 11.4 Å². The third kappa shape index (κ3) is 3.04. The molecule has 1 aliphatic carbocycles. The fourth-order valence-corrected chi connectivity index (χ4v) is 2.22. The van der Waals surface area contributed by atoms with Gasteiger partial charge in [0.2, 0.25) is 0 Å². The summed E-state index contributed by atoms with van der Waals surface area (Å²) in [5, 5.41) is 3.47. The lowest BCUT2D eigenvalue weighted by Crippen LogP contribution is -2.44. The first kappa shape index (κ1) is 13.8. The highest BCUT2D eigenvalue weighted by atomic mass is 16.2. The van der Waals surface area contributed by atoms with Gasteiger partial charge in [0.05, 0.1) is 0 Å². The highest BCUT2D eigenvalue weighted by Crippen LogP contribution is 2.40. The van der Waals surface area contributed by atoms with Crippen LogP contribution in [0.5, 0.6) is 0 Å². The predicted octanol–water partition coefficient (Wildman–Crippen LogP) is 1.32. The molecule has 5 heteroatoms. The molecule has 0 spiro atoms. The monoisotopic (exact) mass is 262 g/mol. The predicted molar refractivity (Wildman–Crippen MR) is 76.1 cm³/mol. The van der Waals surface area contributed by atoms with Gasteiger partial charge in [-0.15, -0.1) is 0 Å². The number of hydrogen-bond acceptors (Lipinski definition) is 4. The van der Waals surface area contributed by atoms with E-state index >= 15 is 0 Å². The van der Waals surface area contributed by atoms with Crippen LogP contribution in [0, 0.1) is 5.92 Å². The average molecular weight is 262 g/mol. The third-order valence-electron chi connectivity index (χ3n) is 3.72. The SMILES string of the molecule is CN(C)C(=O)c1cc(NC(C)(CN)C2CC2)ccn1. The van der Waals surface area contributed by atoms with Crippen molar-refractivity contribution in [3.63, 3.8) is 0 Å². The van der Waals surface area contributed by atoms with Gasteiger partial charge in [0, 0.05) is 38.1 Å². The van der Waals surface area contributed by atoms with Crippen LogP contribution in [0.2, 0.25) is 0 Å². The molecule has 104 valence electrons. The van der Waals surface area contributed by atoms with Crippen molar-refractivity contribution in [1.82, 2.24) is 9.88 Å². The minimum absolute atomic E-state index is 0.0930. The van der Waals surface area contributed by atoms with Crippen LogP contribution in [0.15, 0.2) is 18.3 Å². The Kier molecular flexibility index (Phi) is 3.75. The summed E-state index contributed by atoms with van der Waals surface area (Å²) in [4.78, 5) is 17.5. The van der Waals surface area contributed by atoms with E-state index in [1.807, 2.05) is 6.07 Å². The molecule has 5 nitrogen and oxygen atoms in total. The van der Waals surface area contributed by atoms with E-state index in [0.717, 1.165) is 5.69 Å². The lowest BCUT2D eigenvalue weighted by Gasteiger charge is -2.30. The first-order valence-electron chi connectivity index (χ1n) is 6.62. The van der Waals surface area contributed by atoms with Crippen LogP contribution < -0.4 is 11.1 Å². The first-order valence-corrected chi connectivity index (χ1v) is 6.62. The highest BCUT2D eigenvalue weighted by molar-refractivity contribution is 5.92. The number of anilines is 1. The molecule has 1 amide bonds. The molecule has 1 fully saturated rings. The molecule has 0 radical (unpaired) electrons. The number of rotatable bonds is 5. The van der Waals surface area contributed by atoms with Crippen molar-refractivity contribution in [2.24, 2.45) is 11.7 Å². The molecule has 1 aliphatic rings. The Morgan fingerprint density at radius 1 is 1.58 bits per heavy atom. The zero-order valence-corrected chi connectivity index (χ0v) is 11.8. The Bertz CT molecular complexity index is 470. The molecule has 19 heavy (non-hydrogen) atoms. The number of aromatic nitrogens is 1. The number of hydrogen-bond donors (Lipinski definition) is 2. The van der Waals surface area contributed by atoms with Gasteiger partial charge in [0.1, 0.15) is 5.69 Å². The lowest BCUT2D eigenvalue weighted by atomic mass is 9.95. The molecule has 1 atom stereocenters. The van der Waals surface area contributed by atoms with E-state index < -0.39 is 0 Å². The quantitative estimate of drug-likeness (QED) is 0.839. The molecular formula is C14H22N4O. The summed E-state index contributed by atoms with van der Waals surface area (Å²) >= 11 is 0. The molecule has 1 aromatic rings. The molecule has 0 saturated heterocycles. The largest absolute Gasteiger partial charge is 0.378 e. The van der Waals surface area contributed by atoms with E-state index in [1.165, 1.54) is 17.7 Å². The molecule has 0 aromatic carbocycles. The fourth-order valence-electron chi connectivity index (χ4n) is 2.22. The second kappa shape index (κ2) is 5.17. The van der Waals surface area contributed by atoms with Crippen molar-refractivity contribution in [2.45, 2.75) is 25.3 Å². The van der Waals surface area contributed by atoms with Crippen molar-refractivity contribution in [2.75, 3.05) is 26.0 Å². The standard InChI is InChI=1S/C14H22N4O/c1-14(9-15,10-4-5-10)17-11-6-7-16-12(8-11)13(19)18(2)3/h6-8,10H,4-5,9,15H2,1-3H3,(H,16,17). The van der Waals surface area contributed by atoms with Crippen molar-refractivity contribution in [1.29, 1.82) is 0 Å². The molecular weight excluding hydrogens is 240 g/mol. The summed E-state index contributed by atoms with van der Waals surface area (Å²) in [6.07, 6.45) is 4.09. The number of amides is 1. The molecule has 0 bridgehead atoms. The van der Waals surface area contributed by atoms with Gasteiger partial charge in [-0.3, -0.25) is 9.78 Å². The summed E-state index contributed by atoms with van der Waals surface area (Å²) in [7, 11) is 3.44. The maximum absolute atomic E-state index is 11.9. The van der Waals surface area contributed by atoms with Gasteiger partial charge in [-0.25, -0.2) is 0 Å². The Morgan fingerprint density at radius 3 is 2.79 bits per heavy atom. The minimum atomic E-state index is -0.0974.